The Morgan fingerprint density at radius 3 is 2.68 bits per heavy atom. The number of nitrogens with zero attached hydrogens (tertiary/aromatic N) is 2. The lowest BCUT2D eigenvalue weighted by Gasteiger charge is -2.40. The molecule has 25 heavy (non-hydrogen) atoms. The van der Waals surface area contributed by atoms with Gasteiger partial charge >= 0.3 is 0 Å². The third-order valence-corrected chi connectivity index (χ3v) is 5.90. The number of aliphatic hydroxyl groups excluding tert-OH is 1. The number of amides is 1. The molecule has 0 saturated carbocycles. The molecule has 1 atom stereocenters. The van der Waals surface area contributed by atoms with Gasteiger partial charge in [0, 0.05) is 45.3 Å². The fraction of sp³-hybridized carbons (Fsp3) is 0.650. The van der Waals surface area contributed by atoms with Crippen LogP contribution >= 0.6 is 0 Å². The van der Waals surface area contributed by atoms with Crippen LogP contribution in [0.15, 0.2) is 24.3 Å². The van der Waals surface area contributed by atoms with Crippen molar-refractivity contribution in [3.63, 3.8) is 0 Å². The summed E-state index contributed by atoms with van der Waals surface area (Å²) in [6.07, 6.45) is 2.62. The van der Waals surface area contributed by atoms with Gasteiger partial charge in [0.15, 0.2) is 0 Å². The average molecular weight is 346 g/mol. The summed E-state index contributed by atoms with van der Waals surface area (Å²) in [4.78, 5) is 17.0. The van der Waals surface area contributed by atoms with Crippen LogP contribution in [0, 0.1) is 5.41 Å². The van der Waals surface area contributed by atoms with Gasteiger partial charge in [0.2, 0.25) is 5.91 Å². The Morgan fingerprint density at radius 2 is 2.00 bits per heavy atom. The lowest BCUT2D eigenvalue weighted by Crippen LogP contribution is -2.51. The van der Waals surface area contributed by atoms with Crippen LogP contribution in [0.25, 0.3) is 0 Å². The van der Waals surface area contributed by atoms with Crippen molar-refractivity contribution in [3.05, 3.63) is 35.4 Å². The molecule has 1 aromatic rings. The molecule has 1 aromatic carbocycles. The van der Waals surface area contributed by atoms with Gasteiger partial charge in [-0.2, -0.15) is 0 Å². The topological polar surface area (TPSA) is 53.0 Å². The summed E-state index contributed by atoms with van der Waals surface area (Å²) in [5, 5.41) is 9.86. The zero-order valence-electron chi connectivity index (χ0n) is 15.4. The Hall–Kier alpha value is -1.43. The molecule has 2 heterocycles. The van der Waals surface area contributed by atoms with E-state index >= 15 is 0 Å². The largest absolute Gasteiger partial charge is 0.396 e. The van der Waals surface area contributed by atoms with Gasteiger partial charge < -0.3 is 14.7 Å². The third kappa shape index (κ3) is 4.05. The minimum atomic E-state index is -0.211. The summed E-state index contributed by atoms with van der Waals surface area (Å²) in [5.41, 5.74) is 2.51. The maximum absolute atomic E-state index is 13.0. The maximum atomic E-state index is 13.0. The smallest absolute Gasteiger partial charge is 0.239 e. The van der Waals surface area contributed by atoms with E-state index in [-0.39, 0.29) is 24.0 Å². The highest BCUT2D eigenvalue weighted by Gasteiger charge is 2.36. The zero-order valence-corrected chi connectivity index (χ0v) is 15.4. The number of carbonyl (C=O) groups is 1. The summed E-state index contributed by atoms with van der Waals surface area (Å²) < 4.78 is 5.42. The fourth-order valence-corrected chi connectivity index (χ4v) is 4.07. The molecule has 1 amide bonds. The van der Waals surface area contributed by atoms with E-state index in [1.807, 2.05) is 18.9 Å². The van der Waals surface area contributed by atoms with Gasteiger partial charge in [0.25, 0.3) is 0 Å². The molecule has 5 heteroatoms. The van der Waals surface area contributed by atoms with E-state index < -0.39 is 0 Å². The molecule has 3 rings (SSSR count). The van der Waals surface area contributed by atoms with E-state index in [9.17, 15) is 9.90 Å². The lowest BCUT2D eigenvalue weighted by molar-refractivity contribution is -0.138. The van der Waals surface area contributed by atoms with Crippen molar-refractivity contribution in [2.75, 3.05) is 40.0 Å². The second kappa shape index (κ2) is 7.85. The standard InChI is InChI=1S/C20H30N2O3/c1-16(22-10-7-17-5-3-4-6-18(17)13-22)19(24)21(2)14-20(15-23)8-11-25-12-9-20/h3-6,16,23H,7-15H2,1-2H3/t16-/m1/s1. The molecule has 2 aliphatic heterocycles. The molecule has 0 unspecified atom stereocenters. The summed E-state index contributed by atoms with van der Waals surface area (Å²) in [7, 11) is 1.86. The predicted octanol–water partition coefficient (Wildman–Crippen LogP) is 1.68. The molecule has 2 aliphatic rings. The molecule has 0 radical (unpaired) electrons. The van der Waals surface area contributed by atoms with Crippen LogP contribution in [0.1, 0.15) is 30.9 Å². The van der Waals surface area contributed by atoms with E-state index in [0.717, 1.165) is 32.4 Å². The summed E-state index contributed by atoms with van der Waals surface area (Å²) >= 11 is 0. The number of ether oxygens (including phenoxy) is 1. The van der Waals surface area contributed by atoms with Gasteiger partial charge in [-0.1, -0.05) is 24.3 Å². The number of aliphatic hydroxyl groups is 1. The van der Waals surface area contributed by atoms with Crippen LogP contribution < -0.4 is 0 Å². The maximum Gasteiger partial charge on any atom is 0.239 e. The van der Waals surface area contributed by atoms with Gasteiger partial charge in [-0.3, -0.25) is 9.69 Å². The highest BCUT2D eigenvalue weighted by molar-refractivity contribution is 5.81. The highest BCUT2D eigenvalue weighted by atomic mass is 16.5. The Balaban J connectivity index is 1.62. The number of rotatable bonds is 5. The lowest BCUT2D eigenvalue weighted by atomic mass is 9.80. The number of benzene rings is 1. The van der Waals surface area contributed by atoms with Crippen molar-refractivity contribution in [1.29, 1.82) is 0 Å². The summed E-state index contributed by atoms with van der Waals surface area (Å²) in [6.45, 7) is 5.79. The average Bonchev–Trinajstić information content (AvgIpc) is 2.67. The molecule has 5 nitrogen and oxygen atoms in total. The molecular formula is C20H30N2O3. The summed E-state index contributed by atoms with van der Waals surface area (Å²) in [6, 6.07) is 8.34. The summed E-state index contributed by atoms with van der Waals surface area (Å²) in [5.74, 6) is 0.138. The van der Waals surface area contributed by atoms with Gasteiger partial charge in [-0.15, -0.1) is 0 Å². The van der Waals surface area contributed by atoms with Gasteiger partial charge in [0.1, 0.15) is 0 Å². The Kier molecular flexibility index (Phi) is 5.77. The second-order valence-corrected chi connectivity index (χ2v) is 7.63. The monoisotopic (exact) mass is 346 g/mol. The minimum absolute atomic E-state index is 0.111. The normalized spacial score (nSPS) is 21.4. The Bertz CT molecular complexity index is 598. The van der Waals surface area contributed by atoms with E-state index in [2.05, 4.69) is 29.2 Å². The van der Waals surface area contributed by atoms with Gasteiger partial charge in [0.05, 0.1) is 12.6 Å². The van der Waals surface area contributed by atoms with Crippen molar-refractivity contribution in [2.24, 2.45) is 5.41 Å². The molecule has 138 valence electrons. The second-order valence-electron chi connectivity index (χ2n) is 7.63. The molecule has 0 spiro atoms. The molecule has 1 N–H and O–H groups in total. The Morgan fingerprint density at radius 1 is 1.32 bits per heavy atom. The fourth-order valence-electron chi connectivity index (χ4n) is 4.07. The first kappa shape index (κ1) is 18.4. The molecule has 0 aromatic heterocycles. The quantitative estimate of drug-likeness (QED) is 0.881. The SMILES string of the molecule is C[C@H](C(=O)N(C)CC1(CO)CCOCC1)N1CCc2ccccc2C1. The van der Waals surface area contributed by atoms with Crippen molar-refractivity contribution >= 4 is 5.91 Å². The van der Waals surface area contributed by atoms with Crippen molar-refractivity contribution in [2.45, 2.75) is 38.8 Å². The van der Waals surface area contributed by atoms with Crippen molar-refractivity contribution in [1.82, 2.24) is 9.80 Å². The van der Waals surface area contributed by atoms with Crippen LogP contribution in [0.3, 0.4) is 0 Å². The molecule has 0 bridgehead atoms. The molecule has 0 aliphatic carbocycles. The number of hydrogen-bond donors (Lipinski definition) is 1. The predicted molar refractivity (Wildman–Crippen MR) is 97.2 cm³/mol. The number of fused-ring (bicyclic) bond motifs is 1. The molecular weight excluding hydrogens is 316 g/mol. The van der Waals surface area contributed by atoms with Crippen molar-refractivity contribution < 1.29 is 14.6 Å². The number of carbonyl (C=O) groups excluding carboxylic acids is 1. The van der Waals surface area contributed by atoms with Gasteiger partial charge in [-0.05, 0) is 37.3 Å². The Labute approximate surface area is 150 Å². The third-order valence-electron chi connectivity index (χ3n) is 5.90. The van der Waals surface area contributed by atoms with Crippen LogP contribution in [0.5, 0.6) is 0 Å². The van der Waals surface area contributed by atoms with Crippen LogP contribution in [-0.2, 0) is 22.5 Å². The van der Waals surface area contributed by atoms with E-state index in [1.165, 1.54) is 11.1 Å². The minimum Gasteiger partial charge on any atom is -0.396 e. The molecule has 1 fully saturated rings. The van der Waals surface area contributed by atoms with E-state index in [1.54, 1.807) is 0 Å². The van der Waals surface area contributed by atoms with Crippen molar-refractivity contribution in [3.8, 4) is 0 Å². The first-order valence-electron chi connectivity index (χ1n) is 9.29. The first-order valence-corrected chi connectivity index (χ1v) is 9.29. The van der Waals surface area contributed by atoms with E-state index in [0.29, 0.717) is 19.8 Å². The van der Waals surface area contributed by atoms with Crippen LogP contribution in [-0.4, -0.2) is 66.8 Å². The van der Waals surface area contributed by atoms with Crippen LogP contribution in [0.2, 0.25) is 0 Å². The van der Waals surface area contributed by atoms with E-state index in [4.69, 9.17) is 4.74 Å². The zero-order chi connectivity index (χ0) is 17.9. The first-order chi connectivity index (χ1) is 12.0. The number of hydrogen-bond acceptors (Lipinski definition) is 4. The number of likely N-dealkylation sites (N-methyl/N-ethyl adjacent to an activating group) is 1. The highest BCUT2D eigenvalue weighted by Crippen LogP contribution is 2.31. The van der Waals surface area contributed by atoms with Gasteiger partial charge in [-0.25, -0.2) is 0 Å². The van der Waals surface area contributed by atoms with Crippen LogP contribution in [0.4, 0.5) is 0 Å². The molecule has 1 saturated heterocycles.